The number of nitrogens with zero attached hydrogens (tertiary/aromatic N) is 2. The Morgan fingerprint density at radius 1 is 1.05 bits per heavy atom. The molecule has 1 unspecified atom stereocenters. The molecule has 6 nitrogen and oxygen atoms in total. The number of hydrogen-bond donors (Lipinski definition) is 1. The molecule has 3 aliphatic rings. The zero-order valence-corrected chi connectivity index (χ0v) is 23.3. The van der Waals surface area contributed by atoms with E-state index in [2.05, 4.69) is 58.4 Å². The maximum absolute atomic E-state index is 13.3. The van der Waals surface area contributed by atoms with Crippen LogP contribution in [0.3, 0.4) is 0 Å². The first-order valence-corrected chi connectivity index (χ1v) is 14.4. The number of hydrogen-bond acceptors (Lipinski definition) is 5. The van der Waals surface area contributed by atoms with Gasteiger partial charge in [0.05, 0.1) is 0 Å². The van der Waals surface area contributed by atoms with Crippen LogP contribution >= 0.6 is 0 Å². The highest BCUT2D eigenvalue weighted by molar-refractivity contribution is 5.96. The van der Waals surface area contributed by atoms with Gasteiger partial charge in [-0.3, -0.25) is 9.59 Å². The Kier molecular flexibility index (Phi) is 9.30. The van der Waals surface area contributed by atoms with Crippen LogP contribution < -0.4 is 5.32 Å². The summed E-state index contributed by atoms with van der Waals surface area (Å²) in [4.78, 5) is 29.6. The van der Waals surface area contributed by atoms with E-state index in [4.69, 9.17) is 4.74 Å². The highest BCUT2D eigenvalue weighted by Gasteiger charge is 2.25. The Morgan fingerprint density at radius 3 is 2.62 bits per heavy atom. The van der Waals surface area contributed by atoms with E-state index in [0.29, 0.717) is 12.3 Å². The number of ketones is 1. The van der Waals surface area contributed by atoms with Crippen LogP contribution in [0.4, 0.5) is 0 Å². The van der Waals surface area contributed by atoms with Crippen molar-refractivity contribution in [3.05, 3.63) is 120 Å². The lowest BCUT2D eigenvalue weighted by Crippen LogP contribution is -2.38. The van der Waals surface area contributed by atoms with Crippen LogP contribution in [-0.2, 0) is 16.0 Å². The number of nitrogens with one attached hydrogen (secondary N) is 1. The van der Waals surface area contributed by atoms with Crippen molar-refractivity contribution in [3.63, 3.8) is 0 Å². The van der Waals surface area contributed by atoms with E-state index in [1.165, 1.54) is 11.1 Å². The number of piperidine rings is 1. The van der Waals surface area contributed by atoms with Crippen molar-refractivity contribution in [3.8, 4) is 0 Å². The standard InChI is InChI=1S/C34H39N3O3/c1-26(14-15-27-8-3-2-4-9-27)35-34(39)32-13-6-5-12-31(32)28-16-18-36(19-17-28)20-21-37-22-23-40-33(25-37)29-10-7-11-30(38)24-29/h2-13,22-23,25-26,28H,14-21,24H2,1H3,(H,35,39). The molecule has 1 saturated heterocycles. The second-order valence-corrected chi connectivity index (χ2v) is 10.9. The molecule has 1 N–H and O–H groups in total. The van der Waals surface area contributed by atoms with E-state index < -0.39 is 0 Å². The maximum Gasteiger partial charge on any atom is 0.251 e. The van der Waals surface area contributed by atoms with Gasteiger partial charge in [-0.2, -0.15) is 0 Å². The van der Waals surface area contributed by atoms with Gasteiger partial charge < -0.3 is 19.9 Å². The number of benzene rings is 2. The lowest BCUT2D eigenvalue weighted by atomic mass is 9.86. The largest absolute Gasteiger partial charge is 0.462 e. The van der Waals surface area contributed by atoms with Crippen molar-refractivity contribution in [2.75, 3.05) is 26.2 Å². The first-order chi connectivity index (χ1) is 19.5. The second-order valence-electron chi connectivity index (χ2n) is 10.9. The Hall–Kier alpha value is -3.90. The predicted molar refractivity (Wildman–Crippen MR) is 158 cm³/mol. The van der Waals surface area contributed by atoms with Crippen molar-refractivity contribution in [2.24, 2.45) is 0 Å². The lowest BCUT2D eigenvalue weighted by molar-refractivity contribution is -0.114. The molecule has 0 bridgehead atoms. The Bertz CT molecular complexity index is 1300. The average Bonchev–Trinajstić information content (AvgIpc) is 3.00. The fourth-order valence-corrected chi connectivity index (χ4v) is 5.64. The molecule has 6 heteroatoms. The molecular formula is C34H39N3O3. The molecule has 1 fully saturated rings. The normalized spacial score (nSPS) is 18.6. The summed E-state index contributed by atoms with van der Waals surface area (Å²) in [6.45, 7) is 5.89. The average molecular weight is 538 g/mol. The maximum atomic E-state index is 13.3. The van der Waals surface area contributed by atoms with E-state index in [1.54, 1.807) is 18.4 Å². The predicted octanol–water partition coefficient (Wildman–Crippen LogP) is 5.72. The van der Waals surface area contributed by atoms with Crippen molar-refractivity contribution in [2.45, 2.75) is 51.0 Å². The third-order valence-corrected chi connectivity index (χ3v) is 7.98. The first kappa shape index (κ1) is 27.7. The van der Waals surface area contributed by atoms with Gasteiger partial charge in [0.1, 0.15) is 12.0 Å². The number of carbonyl (C=O) groups is 2. The molecule has 208 valence electrons. The van der Waals surface area contributed by atoms with Gasteiger partial charge in [-0.05, 0) is 74.9 Å². The fraction of sp³-hybridized carbons (Fsp3) is 0.353. The van der Waals surface area contributed by atoms with Gasteiger partial charge >= 0.3 is 0 Å². The topological polar surface area (TPSA) is 61.9 Å². The minimum absolute atomic E-state index is 0.0329. The number of aryl methyl sites for hydroxylation is 1. The molecule has 0 radical (unpaired) electrons. The van der Waals surface area contributed by atoms with E-state index in [1.807, 2.05) is 36.7 Å². The Balaban J connectivity index is 1.10. The summed E-state index contributed by atoms with van der Waals surface area (Å²) in [5, 5.41) is 3.24. The van der Waals surface area contributed by atoms with E-state index in [-0.39, 0.29) is 17.7 Å². The molecule has 2 aromatic carbocycles. The highest BCUT2D eigenvalue weighted by atomic mass is 16.5. The van der Waals surface area contributed by atoms with Gasteiger partial charge in [-0.1, -0.05) is 60.7 Å². The smallest absolute Gasteiger partial charge is 0.251 e. The summed E-state index contributed by atoms with van der Waals surface area (Å²) in [5.41, 5.74) is 4.19. The van der Waals surface area contributed by atoms with Crippen LogP contribution in [0.5, 0.6) is 0 Å². The number of carbonyl (C=O) groups excluding carboxylic acids is 2. The fourth-order valence-electron chi connectivity index (χ4n) is 5.64. The van der Waals surface area contributed by atoms with Crippen LogP contribution in [0.15, 0.2) is 103 Å². The molecule has 2 heterocycles. The molecule has 1 atom stereocenters. The van der Waals surface area contributed by atoms with Crippen LogP contribution in [0.25, 0.3) is 0 Å². The third kappa shape index (κ3) is 7.39. The number of rotatable bonds is 10. The minimum Gasteiger partial charge on any atom is -0.462 e. The van der Waals surface area contributed by atoms with Crippen molar-refractivity contribution < 1.29 is 14.3 Å². The molecule has 0 spiro atoms. The van der Waals surface area contributed by atoms with Gasteiger partial charge in [0.15, 0.2) is 5.78 Å². The lowest BCUT2D eigenvalue weighted by Gasteiger charge is -2.34. The van der Waals surface area contributed by atoms with Crippen LogP contribution in [0.1, 0.15) is 60.0 Å². The molecule has 40 heavy (non-hydrogen) atoms. The summed E-state index contributed by atoms with van der Waals surface area (Å²) < 4.78 is 5.68. The Morgan fingerprint density at radius 2 is 1.82 bits per heavy atom. The quantitative estimate of drug-likeness (QED) is 0.420. The van der Waals surface area contributed by atoms with E-state index in [9.17, 15) is 9.59 Å². The summed E-state index contributed by atoms with van der Waals surface area (Å²) >= 11 is 0. The van der Waals surface area contributed by atoms with Gasteiger partial charge in [0, 0.05) is 49.1 Å². The monoisotopic (exact) mass is 537 g/mol. The molecule has 2 aromatic rings. The molecule has 5 rings (SSSR count). The zero-order valence-electron chi connectivity index (χ0n) is 23.3. The Labute approximate surface area is 237 Å². The number of ether oxygens (including phenoxy) is 1. The zero-order chi connectivity index (χ0) is 27.7. The molecule has 0 saturated carbocycles. The van der Waals surface area contributed by atoms with Gasteiger partial charge in [-0.25, -0.2) is 0 Å². The molecule has 2 aliphatic heterocycles. The van der Waals surface area contributed by atoms with Crippen molar-refractivity contribution in [1.82, 2.24) is 15.1 Å². The summed E-state index contributed by atoms with van der Waals surface area (Å²) in [5.74, 6) is 1.26. The number of amides is 1. The van der Waals surface area contributed by atoms with Gasteiger partial charge in [0.25, 0.3) is 5.91 Å². The van der Waals surface area contributed by atoms with Crippen LogP contribution in [0.2, 0.25) is 0 Å². The molecule has 0 aromatic heterocycles. The van der Waals surface area contributed by atoms with Crippen LogP contribution in [-0.4, -0.2) is 53.7 Å². The summed E-state index contributed by atoms with van der Waals surface area (Å²) in [6.07, 6.45) is 15.3. The van der Waals surface area contributed by atoms with Gasteiger partial charge in [0.2, 0.25) is 0 Å². The molecular weight excluding hydrogens is 498 g/mol. The van der Waals surface area contributed by atoms with Crippen LogP contribution in [0, 0.1) is 0 Å². The molecule has 1 aliphatic carbocycles. The summed E-state index contributed by atoms with van der Waals surface area (Å²) in [7, 11) is 0. The highest BCUT2D eigenvalue weighted by Crippen LogP contribution is 2.31. The first-order valence-electron chi connectivity index (χ1n) is 14.4. The van der Waals surface area contributed by atoms with Crippen molar-refractivity contribution in [1.29, 1.82) is 0 Å². The van der Waals surface area contributed by atoms with Crippen molar-refractivity contribution >= 4 is 11.7 Å². The second kappa shape index (κ2) is 13.4. The number of allylic oxidation sites excluding steroid dienone is 4. The van der Waals surface area contributed by atoms with E-state index in [0.717, 1.165) is 68.8 Å². The minimum atomic E-state index is 0.0329. The van der Waals surface area contributed by atoms with E-state index >= 15 is 0 Å². The number of likely N-dealkylation sites (tertiary alicyclic amines) is 1. The van der Waals surface area contributed by atoms with Gasteiger partial charge in [-0.15, -0.1) is 0 Å². The molecule has 1 amide bonds. The SMILES string of the molecule is CC(CCc1ccccc1)NC(=O)c1ccccc1C1CCN(CCN2C=COC(C3=CC=CC(=O)C3)=C2)CC1. The summed E-state index contributed by atoms with van der Waals surface area (Å²) in [6, 6.07) is 18.7. The third-order valence-electron chi connectivity index (χ3n) is 7.98.